The maximum atomic E-state index is 10.5. The van der Waals surface area contributed by atoms with Gasteiger partial charge in [0.25, 0.3) is 0 Å². The van der Waals surface area contributed by atoms with Gasteiger partial charge in [-0.15, -0.1) is 0 Å². The van der Waals surface area contributed by atoms with Gasteiger partial charge in [0.1, 0.15) is 0 Å². The van der Waals surface area contributed by atoms with Crippen LogP contribution in [0.2, 0.25) is 0 Å². The monoisotopic (exact) mass is 452 g/mol. The zero-order valence-corrected chi connectivity index (χ0v) is 19.2. The summed E-state index contributed by atoms with van der Waals surface area (Å²) in [5.74, 6) is 1.65. The van der Waals surface area contributed by atoms with E-state index in [-0.39, 0.29) is 40.8 Å². The van der Waals surface area contributed by atoms with Crippen LogP contribution in [0.25, 0.3) is 0 Å². The Hall–Kier alpha value is 0.561. The first-order valence-electron chi connectivity index (χ1n) is 9.21. The number of rotatable bonds is 13. The van der Waals surface area contributed by atoms with Crippen molar-refractivity contribution in [3.63, 3.8) is 0 Å². The maximum absolute atomic E-state index is 10.5. The van der Waals surface area contributed by atoms with Crippen molar-refractivity contribution in [2.45, 2.75) is 92.4 Å². The molecule has 0 amide bonds. The van der Waals surface area contributed by atoms with Gasteiger partial charge in [0.05, 0.1) is 0 Å². The number of aliphatic carboxylic acids is 1. The Morgan fingerprint density at radius 2 is 1.30 bits per heavy atom. The standard InChI is InChI=1S/C20H38O2.Nd/c1-16(2)9-6-10-17(3)11-7-12-18(4)13-8-14-19(5)15-20(21)22;/h15-18H,6-14H2,1-5H3,(H,21,22);/b19-15+;/t17-,18-;/m1./s1. The third kappa shape index (κ3) is 18.7. The average molecular weight is 455 g/mol. The summed E-state index contributed by atoms with van der Waals surface area (Å²) in [6.45, 7) is 11.3. The van der Waals surface area contributed by atoms with E-state index in [1.807, 2.05) is 6.92 Å². The van der Waals surface area contributed by atoms with Crippen LogP contribution in [-0.2, 0) is 4.79 Å². The SMILES string of the molecule is C/C(=C\C(=O)O)CCC[C@H](C)CCC[C@H](C)CCCC(C)C.[Nd]. The minimum absolute atomic E-state index is 0. The van der Waals surface area contributed by atoms with Gasteiger partial charge < -0.3 is 5.11 Å². The van der Waals surface area contributed by atoms with Gasteiger partial charge >= 0.3 is 5.97 Å². The first kappa shape index (κ1) is 25.8. The summed E-state index contributed by atoms with van der Waals surface area (Å²) in [6, 6.07) is 0. The molecule has 3 heteroatoms. The van der Waals surface area contributed by atoms with Gasteiger partial charge in [-0.3, -0.25) is 0 Å². The number of hydrogen-bond acceptors (Lipinski definition) is 1. The van der Waals surface area contributed by atoms with Gasteiger partial charge in [0.2, 0.25) is 0 Å². The molecule has 2 atom stereocenters. The average Bonchev–Trinajstić information content (AvgIpc) is 2.37. The normalized spacial score (nSPS) is 14.4. The molecule has 0 aromatic heterocycles. The van der Waals surface area contributed by atoms with Crippen molar-refractivity contribution in [3.05, 3.63) is 11.6 Å². The summed E-state index contributed by atoms with van der Waals surface area (Å²) in [5.41, 5.74) is 0.985. The first-order valence-corrected chi connectivity index (χ1v) is 9.21. The van der Waals surface area contributed by atoms with Crippen LogP contribution in [-0.4, -0.2) is 11.1 Å². The minimum Gasteiger partial charge on any atom is -0.478 e. The largest absolute Gasteiger partial charge is 0.478 e. The fourth-order valence-corrected chi connectivity index (χ4v) is 2.99. The van der Waals surface area contributed by atoms with Gasteiger partial charge in [-0.25, -0.2) is 4.79 Å². The first-order chi connectivity index (χ1) is 10.3. The van der Waals surface area contributed by atoms with Gasteiger partial charge in [-0.05, 0) is 37.5 Å². The molecule has 0 unspecified atom stereocenters. The summed E-state index contributed by atoms with van der Waals surface area (Å²) in [4.78, 5) is 10.5. The summed E-state index contributed by atoms with van der Waals surface area (Å²) in [7, 11) is 0. The molecule has 0 saturated heterocycles. The molecule has 0 rings (SSSR count). The molecule has 0 aliphatic rings. The Morgan fingerprint density at radius 3 is 1.74 bits per heavy atom. The molecule has 0 radical (unpaired) electrons. The number of carboxylic acid groups (broad SMARTS) is 1. The number of carbonyl (C=O) groups is 1. The van der Waals surface area contributed by atoms with E-state index in [4.69, 9.17) is 5.11 Å². The van der Waals surface area contributed by atoms with Crippen molar-refractivity contribution in [1.82, 2.24) is 0 Å². The Bertz CT molecular complexity index is 324. The van der Waals surface area contributed by atoms with E-state index in [1.54, 1.807) is 0 Å². The van der Waals surface area contributed by atoms with Crippen molar-refractivity contribution in [1.29, 1.82) is 0 Å². The van der Waals surface area contributed by atoms with E-state index in [2.05, 4.69) is 27.7 Å². The molecule has 0 aliphatic carbocycles. The summed E-state index contributed by atoms with van der Waals surface area (Å²) < 4.78 is 0. The fourth-order valence-electron chi connectivity index (χ4n) is 2.99. The second-order valence-electron chi connectivity index (χ2n) is 7.69. The summed E-state index contributed by atoms with van der Waals surface area (Å²) in [6.07, 6.45) is 12.7. The number of allylic oxidation sites excluding steroid dienone is 1. The van der Waals surface area contributed by atoms with E-state index < -0.39 is 5.97 Å². The predicted molar refractivity (Wildman–Crippen MR) is 96.1 cm³/mol. The molecule has 0 saturated carbocycles. The second-order valence-corrected chi connectivity index (χ2v) is 7.69. The third-order valence-electron chi connectivity index (χ3n) is 4.51. The predicted octanol–water partition coefficient (Wildman–Crippen LogP) is 6.46. The molecule has 0 aromatic carbocycles. The Balaban J connectivity index is 0. The van der Waals surface area contributed by atoms with Crippen LogP contribution in [0.5, 0.6) is 0 Å². The van der Waals surface area contributed by atoms with E-state index in [1.165, 1.54) is 51.0 Å². The smallest absolute Gasteiger partial charge is 0.328 e. The molecule has 0 fully saturated rings. The molecule has 23 heavy (non-hydrogen) atoms. The van der Waals surface area contributed by atoms with Gasteiger partial charge in [0.15, 0.2) is 0 Å². The molecule has 2 nitrogen and oxygen atoms in total. The molecule has 0 spiro atoms. The summed E-state index contributed by atoms with van der Waals surface area (Å²) >= 11 is 0. The van der Waals surface area contributed by atoms with E-state index in [0.29, 0.717) is 0 Å². The minimum atomic E-state index is -0.822. The second kappa shape index (κ2) is 16.1. The fraction of sp³-hybridized carbons (Fsp3) is 0.850. The van der Waals surface area contributed by atoms with E-state index in [9.17, 15) is 4.79 Å². The molecule has 0 aromatic rings. The molecule has 0 aliphatic heterocycles. The zero-order valence-electron chi connectivity index (χ0n) is 16.0. The Morgan fingerprint density at radius 1 is 0.870 bits per heavy atom. The van der Waals surface area contributed by atoms with Gasteiger partial charge in [-0.1, -0.05) is 78.2 Å². The molecule has 1 N–H and O–H groups in total. The van der Waals surface area contributed by atoms with Crippen LogP contribution >= 0.6 is 0 Å². The van der Waals surface area contributed by atoms with Gasteiger partial charge in [0, 0.05) is 46.9 Å². The van der Waals surface area contributed by atoms with Crippen molar-refractivity contribution >= 4 is 5.97 Å². The number of hydrogen-bond donors (Lipinski definition) is 1. The third-order valence-corrected chi connectivity index (χ3v) is 4.51. The molecule has 0 bridgehead atoms. The maximum Gasteiger partial charge on any atom is 0.328 e. The topological polar surface area (TPSA) is 37.3 Å². The van der Waals surface area contributed by atoms with Crippen LogP contribution in [0.4, 0.5) is 0 Å². The molecular formula is C20H38NdO2. The van der Waals surface area contributed by atoms with Crippen molar-refractivity contribution < 1.29 is 50.7 Å². The molecular weight excluding hydrogens is 416 g/mol. The zero-order chi connectivity index (χ0) is 17.0. The Kier molecular flexibility index (Phi) is 18.0. The van der Waals surface area contributed by atoms with Crippen LogP contribution in [0.1, 0.15) is 92.4 Å². The van der Waals surface area contributed by atoms with Crippen molar-refractivity contribution in [2.24, 2.45) is 17.8 Å². The van der Waals surface area contributed by atoms with Crippen molar-refractivity contribution in [3.8, 4) is 0 Å². The summed E-state index contributed by atoms with van der Waals surface area (Å²) in [5, 5.41) is 8.68. The van der Waals surface area contributed by atoms with Gasteiger partial charge in [-0.2, -0.15) is 0 Å². The van der Waals surface area contributed by atoms with Crippen LogP contribution < -0.4 is 0 Å². The van der Waals surface area contributed by atoms with Crippen LogP contribution in [0.15, 0.2) is 11.6 Å². The van der Waals surface area contributed by atoms with E-state index >= 15 is 0 Å². The Labute approximate surface area is 177 Å². The van der Waals surface area contributed by atoms with E-state index in [0.717, 1.165) is 36.2 Å². The van der Waals surface area contributed by atoms with Crippen LogP contribution in [0.3, 0.4) is 0 Å². The molecule has 0 heterocycles. The molecule has 134 valence electrons. The number of carboxylic acids is 1. The van der Waals surface area contributed by atoms with Crippen LogP contribution in [0, 0.1) is 58.6 Å². The van der Waals surface area contributed by atoms with Crippen molar-refractivity contribution in [2.75, 3.05) is 0 Å². The quantitative estimate of drug-likeness (QED) is 0.324.